The molecule has 35 heavy (non-hydrogen) atoms. The van der Waals surface area contributed by atoms with Crippen LogP contribution in [-0.2, 0) is 11.3 Å². The van der Waals surface area contributed by atoms with Crippen molar-refractivity contribution in [3.05, 3.63) is 78.4 Å². The van der Waals surface area contributed by atoms with Crippen molar-refractivity contribution in [1.29, 1.82) is 0 Å². The smallest absolute Gasteiger partial charge is 0.277 e. The maximum atomic E-state index is 13.1. The SMILES string of the molecule is CCn1c2ccccc2c2cc(NC(=O)CSc3nnc([C@H](C)Oc4ccc(F)cc4)o3)ccc21. The highest BCUT2D eigenvalue weighted by atomic mass is 32.2. The molecule has 9 heteroatoms. The summed E-state index contributed by atoms with van der Waals surface area (Å²) >= 11 is 1.15. The van der Waals surface area contributed by atoms with Gasteiger partial charge in [0, 0.05) is 34.0 Å². The van der Waals surface area contributed by atoms with Crippen LogP contribution in [0.1, 0.15) is 25.8 Å². The number of hydrogen-bond donors (Lipinski definition) is 1. The first kappa shape index (κ1) is 22.9. The van der Waals surface area contributed by atoms with Gasteiger partial charge in [0.1, 0.15) is 11.6 Å². The molecule has 178 valence electrons. The minimum absolute atomic E-state index is 0.115. The molecule has 0 fully saturated rings. The largest absolute Gasteiger partial charge is 0.481 e. The molecule has 0 radical (unpaired) electrons. The number of ether oxygens (including phenoxy) is 1. The van der Waals surface area contributed by atoms with E-state index in [1.165, 1.54) is 29.8 Å². The molecule has 0 aliphatic carbocycles. The van der Waals surface area contributed by atoms with Crippen LogP contribution >= 0.6 is 11.8 Å². The van der Waals surface area contributed by atoms with E-state index in [1.807, 2.05) is 30.3 Å². The average Bonchev–Trinajstić information content (AvgIpc) is 3.47. The quantitative estimate of drug-likeness (QED) is 0.261. The summed E-state index contributed by atoms with van der Waals surface area (Å²) in [6, 6.07) is 19.9. The molecule has 0 aliphatic heterocycles. The monoisotopic (exact) mass is 490 g/mol. The molecule has 0 saturated heterocycles. The molecule has 1 amide bonds. The van der Waals surface area contributed by atoms with Crippen molar-refractivity contribution in [2.75, 3.05) is 11.1 Å². The maximum absolute atomic E-state index is 13.1. The van der Waals surface area contributed by atoms with Crippen molar-refractivity contribution in [2.24, 2.45) is 0 Å². The Hall–Kier alpha value is -3.85. The number of nitrogens with one attached hydrogen (secondary N) is 1. The lowest BCUT2D eigenvalue weighted by atomic mass is 10.1. The normalized spacial score (nSPS) is 12.2. The summed E-state index contributed by atoms with van der Waals surface area (Å²) in [7, 11) is 0. The van der Waals surface area contributed by atoms with Crippen LogP contribution in [0.3, 0.4) is 0 Å². The van der Waals surface area contributed by atoms with Gasteiger partial charge in [-0.15, -0.1) is 10.2 Å². The Kier molecular flexibility index (Phi) is 6.41. The molecular formula is C26H23FN4O3S. The molecule has 0 unspecified atom stereocenters. The van der Waals surface area contributed by atoms with E-state index >= 15 is 0 Å². The van der Waals surface area contributed by atoms with Crippen molar-refractivity contribution in [3.8, 4) is 5.75 Å². The lowest BCUT2D eigenvalue weighted by molar-refractivity contribution is -0.113. The van der Waals surface area contributed by atoms with E-state index in [4.69, 9.17) is 9.15 Å². The number of aryl methyl sites for hydroxylation is 1. The Balaban J connectivity index is 1.21. The number of thioether (sulfide) groups is 1. The summed E-state index contributed by atoms with van der Waals surface area (Å²) in [6.45, 7) is 4.74. The van der Waals surface area contributed by atoms with Gasteiger partial charge in [0.2, 0.25) is 5.91 Å². The van der Waals surface area contributed by atoms with Crippen LogP contribution in [-0.4, -0.2) is 26.4 Å². The zero-order chi connectivity index (χ0) is 24.4. The minimum Gasteiger partial charge on any atom is -0.481 e. The van der Waals surface area contributed by atoms with Crippen LogP contribution in [0.4, 0.5) is 10.1 Å². The molecule has 3 aromatic carbocycles. The van der Waals surface area contributed by atoms with Gasteiger partial charge in [0.05, 0.1) is 5.75 Å². The predicted octanol–water partition coefficient (Wildman–Crippen LogP) is 6.21. The molecule has 5 rings (SSSR count). The second-order valence-electron chi connectivity index (χ2n) is 7.95. The third-order valence-corrected chi connectivity index (χ3v) is 6.41. The first-order valence-electron chi connectivity index (χ1n) is 11.2. The molecule has 1 N–H and O–H groups in total. The first-order valence-corrected chi connectivity index (χ1v) is 12.2. The van der Waals surface area contributed by atoms with Gasteiger partial charge < -0.3 is 19.0 Å². The topological polar surface area (TPSA) is 82.2 Å². The van der Waals surface area contributed by atoms with Crippen LogP contribution in [0, 0.1) is 5.82 Å². The molecule has 7 nitrogen and oxygen atoms in total. The van der Waals surface area contributed by atoms with E-state index in [-0.39, 0.29) is 28.6 Å². The standard InChI is InChI=1S/C26H23FN4O3S/c1-3-31-22-7-5-4-6-20(22)21-14-18(10-13-23(21)31)28-24(32)15-35-26-30-29-25(34-26)16(2)33-19-11-8-17(27)9-12-19/h4-14,16H,3,15H2,1-2H3,(H,28,32)/t16-/m0/s1. The Labute approximate surface area is 205 Å². The lowest BCUT2D eigenvalue weighted by Gasteiger charge is -2.10. The molecule has 5 aromatic rings. The van der Waals surface area contributed by atoms with Crippen LogP contribution in [0.15, 0.2) is 76.4 Å². The Bertz CT molecular complexity index is 1500. The van der Waals surface area contributed by atoms with Crippen LogP contribution in [0.2, 0.25) is 0 Å². The number of hydrogen-bond acceptors (Lipinski definition) is 6. The number of aromatic nitrogens is 3. The lowest BCUT2D eigenvalue weighted by Crippen LogP contribution is -2.13. The number of anilines is 1. The Morgan fingerprint density at radius 2 is 1.86 bits per heavy atom. The number of benzene rings is 3. The number of para-hydroxylation sites is 1. The van der Waals surface area contributed by atoms with Gasteiger partial charge in [0.15, 0.2) is 6.10 Å². The summed E-state index contributed by atoms with van der Waals surface area (Å²) < 4.78 is 26.6. The molecule has 0 spiro atoms. The van der Waals surface area contributed by atoms with Crippen molar-refractivity contribution >= 4 is 45.2 Å². The second kappa shape index (κ2) is 9.79. The number of fused-ring (bicyclic) bond motifs is 3. The van der Waals surface area contributed by atoms with Gasteiger partial charge >= 0.3 is 0 Å². The van der Waals surface area contributed by atoms with Gasteiger partial charge in [-0.05, 0) is 62.4 Å². The fourth-order valence-corrected chi connectivity index (χ4v) is 4.58. The van der Waals surface area contributed by atoms with Gasteiger partial charge in [0.25, 0.3) is 11.1 Å². The van der Waals surface area contributed by atoms with Gasteiger partial charge in [-0.1, -0.05) is 30.0 Å². The fraction of sp³-hybridized carbons (Fsp3) is 0.192. The zero-order valence-electron chi connectivity index (χ0n) is 19.2. The van der Waals surface area contributed by atoms with Crippen LogP contribution in [0.25, 0.3) is 21.8 Å². The molecule has 0 saturated carbocycles. The molecule has 2 aromatic heterocycles. The Morgan fingerprint density at radius 3 is 2.66 bits per heavy atom. The summed E-state index contributed by atoms with van der Waals surface area (Å²) in [5.41, 5.74) is 3.04. The van der Waals surface area contributed by atoms with Crippen molar-refractivity contribution in [2.45, 2.75) is 31.7 Å². The van der Waals surface area contributed by atoms with E-state index in [2.05, 4.69) is 39.1 Å². The number of nitrogens with zero attached hydrogens (tertiary/aromatic N) is 3. The second-order valence-corrected chi connectivity index (χ2v) is 8.88. The number of carbonyl (C=O) groups is 1. The number of halogens is 1. The predicted molar refractivity (Wildman–Crippen MR) is 134 cm³/mol. The summed E-state index contributed by atoms with van der Waals surface area (Å²) in [4.78, 5) is 12.6. The number of carbonyl (C=O) groups excluding carboxylic acids is 1. The molecular weight excluding hydrogens is 467 g/mol. The summed E-state index contributed by atoms with van der Waals surface area (Å²) in [5.74, 6) is 0.361. The third kappa shape index (κ3) is 4.85. The van der Waals surface area contributed by atoms with Crippen molar-refractivity contribution in [1.82, 2.24) is 14.8 Å². The van der Waals surface area contributed by atoms with Crippen molar-refractivity contribution < 1.29 is 18.3 Å². The highest BCUT2D eigenvalue weighted by Gasteiger charge is 2.17. The summed E-state index contributed by atoms with van der Waals surface area (Å²) in [6.07, 6.45) is -0.520. The summed E-state index contributed by atoms with van der Waals surface area (Å²) in [5, 5.41) is 13.5. The van der Waals surface area contributed by atoms with E-state index in [1.54, 1.807) is 6.92 Å². The van der Waals surface area contributed by atoms with Crippen molar-refractivity contribution in [3.63, 3.8) is 0 Å². The fourth-order valence-electron chi connectivity index (χ4n) is 4.01. The van der Waals surface area contributed by atoms with Gasteiger partial charge in [-0.25, -0.2) is 4.39 Å². The molecule has 2 heterocycles. The van der Waals surface area contributed by atoms with E-state index < -0.39 is 6.10 Å². The minimum atomic E-state index is -0.520. The Morgan fingerprint density at radius 1 is 1.09 bits per heavy atom. The molecule has 0 aliphatic rings. The van der Waals surface area contributed by atoms with E-state index in [0.717, 1.165) is 40.3 Å². The average molecular weight is 491 g/mol. The van der Waals surface area contributed by atoms with E-state index in [0.29, 0.717) is 5.75 Å². The van der Waals surface area contributed by atoms with Crippen LogP contribution < -0.4 is 10.1 Å². The maximum Gasteiger partial charge on any atom is 0.277 e. The molecule has 0 bridgehead atoms. The third-order valence-electron chi connectivity index (χ3n) is 5.60. The molecule has 1 atom stereocenters. The van der Waals surface area contributed by atoms with Crippen LogP contribution in [0.5, 0.6) is 5.75 Å². The van der Waals surface area contributed by atoms with Gasteiger partial charge in [-0.2, -0.15) is 0 Å². The zero-order valence-corrected chi connectivity index (χ0v) is 20.0. The van der Waals surface area contributed by atoms with E-state index in [9.17, 15) is 9.18 Å². The highest BCUT2D eigenvalue weighted by molar-refractivity contribution is 7.99. The first-order chi connectivity index (χ1) is 17.0. The van der Waals surface area contributed by atoms with Gasteiger partial charge in [-0.3, -0.25) is 4.79 Å². The highest BCUT2D eigenvalue weighted by Crippen LogP contribution is 2.31. The number of rotatable bonds is 8. The number of amides is 1.